The molecule has 0 fully saturated rings. The number of rotatable bonds is 4. The Morgan fingerprint density at radius 3 is 2.35 bits per heavy atom. The van der Waals surface area contributed by atoms with Crippen LogP contribution in [0.2, 0.25) is 18.1 Å². The third-order valence-electron chi connectivity index (χ3n) is 3.49. The first-order chi connectivity index (χ1) is 7.76. The van der Waals surface area contributed by atoms with Gasteiger partial charge in [-0.2, -0.15) is 0 Å². The highest BCUT2D eigenvalue weighted by Gasteiger charge is 2.36. The average Bonchev–Trinajstić information content (AvgIpc) is 2.25. The van der Waals surface area contributed by atoms with Crippen LogP contribution >= 0.6 is 0 Å². The Balaban J connectivity index is 2.67. The van der Waals surface area contributed by atoms with Gasteiger partial charge < -0.3 is 10.2 Å². The molecule has 3 nitrogen and oxygen atoms in total. The third-order valence-corrected chi connectivity index (χ3v) is 7.97. The molecule has 2 N–H and O–H groups in total. The monoisotopic (exact) mass is 252 g/mol. The maximum atomic E-state index is 6.14. The van der Waals surface area contributed by atoms with Gasteiger partial charge in [-0.15, -0.1) is 0 Å². The van der Waals surface area contributed by atoms with E-state index in [-0.39, 0.29) is 5.04 Å². The van der Waals surface area contributed by atoms with Crippen LogP contribution in [0.4, 0.5) is 0 Å². The van der Waals surface area contributed by atoms with Gasteiger partial charge in [0.25, 0.3) is 0 Å². The topological polar surface area (TPSA) is 48.1 Å². The minimum Gasteiger partial charge on any atom is -0.413 e. The Morgan fingerprint density at radius 1 is 1.24 bits per heavy atom. The first-order valence-corrected chi connectivity index (χ1v) is 8.94. The van der Waals surface area contributed by atoms with E-state index in [0.29, 0.717) is 13.2 Å². The molecule has 0 aliphatic heterocycles. The van der Waals surface area contributed by atoms with Gasteiger partial charge in [0.15, 0.2) is 8.32 Å². The minimum absolute atomic E-state index is 0.242. The lowest BCUT2D eigenvalue weighted by Crippen LogP contribution is -2.40. The van der Waals surface area contributed by atoms with E-state index < -0.39 is 8.32 Å². The van der Waals surface area contributed by atoms with Gasteiger partial charge in [0, 0.05) is 18.9 Å². The normalized spacial score (nSPS) is 12.8. The van der Waals surface area contributed by atoms with Crippen LogP contribution in [-0.2, 0) is 17.6 Å². The van der Waals surface area contributed by atoms with E-state index >= 15 is 0 Å². The van der Waals surface area contributed by atoms with Crippen molar-refractivity contribution in [1.29, 1.82) is 0 Å². The van der Waals surface area contributed by atoms with Crippen LogP contribution < -0.4 is 5.73 Å². The summed E-state index contributed by atoms with van der Waals surface area (Å²) in [7, 11) is -1.67. The maximum absolute atomic E-state index is 6.14. The molecule has 0 aliphatic rings. The first kappa shape index (κ1) is 14.3. The zero-order valence-electron chi connectivity index (χ0n) is 11.6. The lowest BCUT2D eigenvalue weighted by Gasteiger charge is -2.36. The Kier molecular flexibility index (Phi) is 4.46. The highest BCUT2D eigenvalue weighted by atomic mass is 28.4. The number of hydrogen-bond donors (Lipinski definition) is 1. The summed E-state index contributed by atoms with van der Waals surface area (Å²) in [5, 5.41) is 0.242. The van der Waals surface area contributed by atoms with E-state index in [0.717, 1.165) is 11.1 Å². The van der Waals surface area contributed by atoms with Crippen molar-refractivity contribution in [3.05, 3.63) is 29.6 Å². The molecule has 1 heterocycles. The van der Waals surface area contributed by atoms with Gasteiger partial charge in [-0.3, -0.25) is 4.98 Å². The quantitative estimate of drug-likeness (QED) is 0.838. The SMILES string of the molecule is CC(C)(C)[Si](C)(C)OCc1cncc(CN)c1. The summed E-state index contributed by atoms with van der Waals surface area (Å²) in [6, 6.07) is 2.07. The third kappa shape index (κ3) is 3.91. The van der Waals surface area contributed by atoms with E-state index in [4.69, 9.17) is 10.2 Å². The summed E-state index contributed by atoms with van der Waals surface area (Å²) in [5.41, 5.74) is 7.76. The van der Waals surface area contributed by atoms with Crippen molar-refractivity contribution in [2.75, 3.05) is 0 Å². The number of nitrogens with two attached hydrogens (primary N) is 1. The van der Waals surface area contributed by atoms with Gasteiger partial charge >= 0.3 is 0 Å². The molecular formula is C13H24N2OSi. The minimum atomic E-state index is -1.67. The van der Waals surface area contributed by atoms with Crippen molar-refractivity contribution in [1.82, 2.24) is 4.98 Å². The Hall–Kier alpha value is -0.713. The van der Waals surface area contributed by atoms with Crippen molar-refractivity contribution in [3.8, 4) is 0 Å². The van der Waals surface area contributed by atoms with E-state index in [9.17, 15) is 0 Å². The molecule has 0 saturated carbocycles. The van der Waals surface area contributed by atoms with Crippen LogP contribution in [0.3, 0.4) is 0 Å². The van der Waals surface area contributed by atoms with Crippen molar-refractivity contribution < 1.29 is 4.43 Å². The van der Waals surface area contributed by atoms with Crippen molar-refractivity contribution in [3.63, 3.8) is 0 Å². The van der Waals surface area contributed by atoms with Crippen molar-refractivity contribution in [2.24, 2.45) is 5.73 Å². The summed E-state index contributed by atoms with van der Waals surface area (Å²) in [4.78, 5) is 4.17. The average molecular weight is 252 g/mol. The van der Waals surface area contributed by atoms with Crippen LogP contribution in [0.25, 0.3) is 0 Å². The van der Waals surface area contributed by atoms with Crippen LogP contribution in [0.5, 0.6) is 0 Å². The molecule has 0 bridgehead atoms. The number of nitrogens with zero attached hydrogens (tertiary/aromatic N) is 1. The molecule has 0 radical (unpaired) electrons. The van der Waals surface area contributed by atoms with E-state index in [1.54, 1.807) is 6.20 Å². The van der Waals surface area contributed by atoms with Gasteiger partial charge in [-0.1, -0.05) is 20.8 Å². The highest BCUT2D eigenvalue weighted by molar-refractivity contribution is 6.74. The molecule has 1 rings (SSSR count). The first-order valence-electron chi connectivity index (χ1n) is 6.03. The zero-order valence-corrected chi connectivity index (χ0v) is 12.6. The van der Waals surface area contributed by atoms with Gasteiger partial charge in [0.05, 0.1) is 6.61 Å². The van der Waals surface area contributed by atoms with Gasteiger partial charge in [-0.05, 0) is 35.3 Å². The van der Waals surface area contributed by atoms with Gasteiger partial charge in [0.1, 0.15) is 0 Å². The molecule has 0 saturated heterocycles. The second kappa shape index (κ2) is 5.29. The summed E-state index contributed by atoms with van der Waals surface area (Å²) in [6.07, 6.45) is 3.65. The van der Waals surface area contributed by atoms with Crippen LogP contribution in [-0.4, -0.2) is 13.3 Å². The predicted octanol–water partition coefficient (Wildman–Crippen LogP) is 3.06. The van der Waals surface area contributed by atoms with E-state index in [1.807, 2.05) is 6.20 Å². The molecular weight excluding hydrogens is 228 g/mol. The van der Waals surface area contributed by atoms with Crippen molar-refractivity contribution >= 4 is 8.32 Å². The van der Waals surface area contributed by atoms with Gasteiger partial charge in [-0.25, -0.2) is 0 Å². The summed E-state index contributed by atoms with van der Waals surface area (Å²) >= 11 is 0. The van der Waals surface area contributed by atoms with Crippen LogP contribution in [0.1, 0.15) is 31.9 Å². The molecule has 0 spiro atoms. The fourth-order valence-electron chi connectivity index (χ4n) is 1.21. The largest absolute Gasteiger partial charge is 0.413 e. The molecule has 0 aromatic carbocycles. The standard InChI is InChI=1S/C13H24N2OSi/c1-13(2,3)17(4,5)16-10-12-6-11(7-14)8-15-9-12/h6,8-9H,7,10,14H2,1-5H3. The smallest absolute Gasteiger partial charge is 0.192 e. The summed E-state index contributed by atoms with van der Waals surface area (Å²) in [5.74, 6) is 0. The predicted molar refractivity (Wildman–Crippen MR) is 74.1 cm³/mol. The molecule has 0 aliphatic carbocycles. The van der Waals surface area contributed by atoms with Gasteiger partial charge in [0.2, 0.25) is 0 Å². The number of pyridine rings is 1. The summed E-state index contributed by atoms with van der Waals surface area (Å²) < 4.78 is 6.14. The zero-order chi connectivity index (χ0) is 13.1. The van der Waals surface area contributed by atoms with E-state index in [1.165, 1.54) is 0 Å². The van der Waals surface area contributed by atoms with Crippen molar-refractivity contribution in [2.45, 2.75) is 52.1 Å². The van der Waals surface area contributed by atoms with Crippen LogP contribution in [0, 0.1) is 0 Å². The highest BCUT2D eigenvalue weighted by Crippen LogP contribution is 2.36. The maximum Gasteiger partial charge on any atom is 0.192 e. The Morgan fingerprint density at radius 2 is 1.82 bits per heavy atom. The van der Waals surface area contributed by atoms with E-state index in [2.05, 4.69) is 44.9 Å². The Bertz CT molecular complexity index is 372. The lowest BCUT2D eigenvalue weighted by atomic mass is 10.2. The van der Waals surface area contributed by atoms with Crippen LogP contribution in [0.15, 0.2) is 18.5 Å². The molecule has 4 heteroatoms. The second-order valence-electron chi connectivity index (χ2n) is 5.95. The molecule has 96 valence electrons. The Labute approximate surface area is 106 Å². The molecule has 1 aromatic rings. The molecule has 0 amide bonds. The molecule has 0 atom stereocenters. The fraction of sp³-hybridized carbons (Fsp3) is 0.615. The lowest BCUT2D eigenvalue weighted by molar-refractivity contribution is 0.276. The molecule has 17 heavy (non-hydrogen) atoms. The molecule has 0 unspecified atom stereocenters. The second-order valence-corrected chi connectivity index (χ2v) is 10.8. The molecule has 1 aromatic heterocycles. The number of hydrogen-bond acceptors (Lipinski definition) is 3. The summed E-state index contributed by atoms with van der Waals surface area (Å²) in [6.45, 7) is 12.4. The fourth-order valence-corrected chi connectivity index (χ4v) is 2.17. The number of aromatic nitrogens is 1.